The molecule has 0 aliphatic carbocycles. The molecule has 6 nitrogen and oxygen atoms in total. The number of hydrogen-bond donors (Lipinski definition) is 2. The maximum atomic E-state index is 4.69. The quantitative estimate of drug-likeness (QED) is 0.898. The minimum atomic E-state index is 0.672. The average molecular weight is 274 g/mol. The highest BCUT2D eigenvalue weighted by atomic mass is 15.3. The summed E-state index contributed by atoms with van der Waals surface area (Å²) in [6.07, 6.45) is 3.03. The second-order valence-corrected chi connectivity index (χ2v) is 5.72. The maximum absolute atomic E-state index is 4.69. The third-order valence-electron chi connectivity index (χ3n) is 4.26. The highest BCUT2D eigenvalue weighted by molar-refractivity contribution is 5.87. The van der Waals surface area contributed by atoms with Crippen molar-refractivity contribution >= 4 is 22.8 Å². The van der Waals surface area contributed by atoms with Crippen molar-refractivity contribution < 1.29 is 0 Å². The SMILES string of the molecule is CCNc1nc(N2CCC(C)C(C)C2)c2cn[nH]c2n1. The summed E-state index contributed by atoms with van der Waals surface area (Å²) in [5, 5.41) is 11.3. The number of rotatable bonds is 3. The lowest BCUT2D eigenvalue weighted by Gasteiger charge is -2.36. The van der Waals surface area contributed by atoms with E-state index in [1.54, 1.807) is 0 Å². The normalized spacial score (nSPS) is 23.2. The minimum Gasteiger partial charge on any atom is -0.356 e. The van der Waals surface area contributed by atoms with E-state index in [2.05, 4.69) is 44.2 Å². The monoisotopic (exact) mass is 274 g/mol. The van der Waals surface area contributed by atoms with Gasteiger partial charge in [-0.3, -0.25) is 5.10 Å². The molecule has 2 atom stereocenters. The summed E-state index contributed by atoms with van der Waals surface area (Å²) in [5.74, 6) is 3.13. The first-order valence-corrected chi connectivity index (χ1v) is 7.39. The largest absolute Gasteiger partial charge is 0.356 e. The first-order chi connectivity index (χ1) is 9.69. The van der Waals surface area contributed by atoms with E-state index in [1.165, 1.54) is 6.42 Å². The van der Waals surface area contributed by atoms with E-state index < -0.39 is 0 Å². The predicted molar refractivity (Wildman–Crippen MR) is 81.0 cm³/mol. The summed E-state index contributed by atoms with van der Waals surface area (Å²) < 4.78 is 0. The zero-order valence-corrected chi connectivity index (χ0v) is 12.3. The van der Waals surface area contributed by atoms with E-state index in [9.17, 15) is 0 Å². The second kappa shape index (κ2) is 5.26. The number of aromatic nitrogens is 4. The summed E-state index contributed by atoms with van der Waals surface area (Å²) >= 11 is 0. The lowest BCUT2D eigenvalue weighted by atomic mass is 9.88. The van der Waals surface area contributed by atoms with Crippen LogP contribution in [0.4, 0.5) is 11.8 Å². The van der Waals surface area contributed by atoms with Gasteiger partial charge in [-0.2, -0.15) is 15.1 Å². The molecule has 1 saturated heterocycles. The topological polar surface area (TPSA) is 69.7 Å². The van der Waals surface area contributed by atoms with Crippen LogP contribution in [0.3, 0.4) is 0 Å². The molecule has 2 N–H and O–H groups in total. The lowest BCUT2D eigenvalue weighted by molar-refractivity contribution is 0.323. The van der Waals surface area contributed by atoms with Crippen molar-refractivity contribution in [3.63, 3.8) is 0 Å². The van der Waals surface area contributed by atoms with E-state index in [0.717, 1.165) is 42.4 Å². The van der Waals surface area contributed by atoms with Crippen LogP contribution in [0.5, 0.6) is 0 Å². The molecule has 0 spiro atoms. The predicted octanol–water partition coefficient (Wildman–Crippen LogP) is 2.27. The summed E-state index contributed by atoms with van der Waals surface area (Å²) in [7, 11) is 0. The summed E-state index contributed by atoms with van der Waals surface area (Å²) in [6.45, 7) is 9.60. The maximum Gasteiger partial charge on any atom is 0.226 e. The molecule has 20 heavy (non-hydrogen) atoms. The number of nitrogens with zero attached hydrogens (tertiary/aromatic N) is 4. The van der Waals surface area contributed by atoms with Gasteiger partial charge in [0.25, 0.3) is 0 Å². The Morgan fingerprint density at radius 2 is 2.20 bits per heavy atom. The molecule has 1 aliphatic rings. The molecule has 2 aromatic heterocycles. The van der Waals surface area contributed by atoms with Crippen molar-refractivity contribution in [2.24, 2.45) is 11.8 Å². The van der Waals surface area contributed by atoms with E-state index in [0.29, 0.717) is 11.9 Å². The van der Waals surface area contributed by atoms with Crippen molar-refractivity contribution in [1.29, 1.82) is 0 Å². The first-order valence-electron chi connectivity index (χ1n) is 7.39. The molecule has 0 bridgehead atoms. The Hall–Kier alpha value is -1.85. The van der Waals surface area contributed by atoms with Crippen molar-refractivity contribution in [2.45, 2.75) is 27.2 Å². The Morgan fingerprint density at radius 1 is 1.35 bits per heavy atom. The van der Waals surface area contributed by atoms with E-state index in [-0.39, 0.29) is 0 Å². The van der Waals surface area contributed by atoms with Crippen molar-refractivity contribution in [1.82, 2.24) is 20.2 Å². The van der Waals surface area contributed by atoms with Gasteiger partial charge in [-0.25, -0.2) is 0 Å². The summed E-state index contributed by atoms with van der Waals surface area (Å²) in [4.78, 5) is 11.5. The molecule has 1 aliphatic heterocycles. The summed E-state index contributed by atoms with van der Waals surface area (Å²) in [6, 6.07) is 0. The van der Waals surface area contributed by atoms with E-state index in [1.807, 2.05) is 13.1 Å². The average Bonchev–Trinajstić information content (AvgIpc) is 2.89. The fraction of sp³-hybridized carbons (Fsp3) is 0.643. The molecule has 0 saturated carbocycles. The van der Waals surface area contributed by atoms with Gasteiger partial charge < -0.3 is 10.2 Å². The third kappa shape index (κ3) is 2.30. The lowest BCUT2D eigenvalue weighted by Crippen LogP contribution is -2.39. The van der Waals surface area contributed by atoms with Gasteiger partial charge >= 0.3 is 0 Å². The number of anilines is 2. The first kappa shape index (κ1) is 13.1. The Balaban J connectivity index is 1.98. The van der Waals surface area contributed by atoms with Crippen LogP contribution in [0.15, 0.2) is 6.20 Å². The zero-order valence-electron chi connectivity index (χ0n) is 12.3. The van der Waals surface area contributed by atoms with Crippen LogP contribution >= 0.6 is 0 Å². The molecule has 6 heteroatoms. The molecule has 2 unspecified atom stereocenters. The van der Waals surface area contributed by atoms with Crippen LogP contribution < -0.4 is 10.2 Å². The third-order valence-corrected chi connectivity index (χ3v) is 4.26. The van der Waals surface area contributed by atoms with Crippen LogP contribution in [0.1, 0.15) is 27.2 Å². The van der Waals surface area contributed by atoms with Crippen LogP contribution in [-0.2, 0) is 0 Å². The van der Waals surface area contributed by atoms with Crippen LogP contribution in [0, 0.1) is 11.8 Å². The molecule has 0 aromatic carbocycles. The molecule has 108 valence electrons. The second-order valence-electron chi connectivity index (χ2n) is 5.72. The fourth-order valence-corrected chi connectivity index (χ4v) is 2.75. The standard InChI is InChI=1S/C14H22N6/c1-4-15-14-17-12-11(7-16-19-12)13(18-14)20-6-5-9(2)10(3)8-20/h7,9-10H,4-6,8H2,1-3H3,(H2,15,16,17,18,19). The molecule has 3 heterocycles. The van der Waals surface area contributed by atoms with Gasteiger partial charge in [0.05, 0.1) is 11.6 Å². The van der Waals surface area contributed by atoms with Gasteiger partial charge in [0.2, 0.25) is 5.95 Å². The fourth-order valence-electron chi connectivity index (χ4n) is 2.75. The molecular weight excluding hydrogens is 252 g/mol. The smallest absolute Gasteiger partial charge is 0.226 e. The Bertz CT molecular complexity index is 592. The van der Waals surface area contributed by atoms with E-state index >= 15 is 0 Å². The van der Waals surface area contributed by atoms with Gasteiger partial charge in [0, 0.05) is 19.6 Å². The zero-order chi connectivity index (χ0) is 14.1. The highest BCUT2D eigenvalue weighted by Crippen LogP contribution is 2.30. The van der Waals surface area contributed by atoms with Crippen molar-refractivity contribution in [3.8, 4) is 0 Å². The Kier molecular flexibility index (Phi) is 3.46. The van der Waals surface area contributed by atoms with Crippen LogP contribution in [0.2, 0.25) is 0 Å². The number of fused-ring (bicyclic) bond motifs is 1. The molecule has 1 fully saturated rings. The van der Waals surface area contributed by atoms with Gasteiger partial charge in [0.15, 0.2) is 5.65 Å². The van der Waals surface area contributed by atoms with Crippen molar-refractivity contribution in [3.05, 3.63) is 6.20 Å². The van der Waals surface area contributed by atoms with E-state index in [4.69, 9.17) is 0 Å². The van der Waals surface area contributed by atoms with Crippen LogP contribution in [0.25, 0.3) is 11.0 Å². The number of hydrogen-bond acceptors (Lipinski definition) is 5. The highest BCUT2D eigenvalue weighted by Gasteiger charge is 2.25. The minimum absolute atomic E-state index is 0.672. The van der Waals surface area contributed by atoms with Gasteiger partial charge in [-0.15, -0.1) is 0 Å². The Morgan fingerprint density at radius 3 is 2.95 bits per heavy atom. The molecule has 2 aromatic rings. The van der Waals surface area contributed by atoms with Crippen molar-refractivity contribution in [2.75, 3.05) is 29.9 Å². The number of piperidine rings is 1. The molecular formula is C14H22N6. The number of aromatic amines is 1. The molecule has 0 amide bonds. The number of nitrogens with one attached hydrogen (secondary N) is 2. The molecule has 0 radical (unpaired) electrons. The number of H-pyrrole nitrogens is 1. The van der Waals surface area contributed by atoms with Gasteiger partial charge in [-0.1, -0.05) is 13.8 Å². The van der Waals surface area contributed by atoms with Gasteiger partial charge in [0.1, 0.15) is 5.82 Å². The van der Waals surface area contributed by atoms with Crippen LogP contribution in [-0.4, -0.2) is 39.8 Å². The summed E-state index contributed by atoms with van der Waals surface area (Å²) in [5.41, 5.74) is 0.803. The molecule has 3 rings (SSSR count). The Labute approximate surface area is 119 Å². The van der Waals surface area contributed by atoms with Gasteiger partial charge in [-0.05, 0) is 25.2 Å².